The minimum absolute atomic E-state index is 0.00459. The number of hydrogen-bond acceptors (Lipinski definition) is 4. The SMILES string of the molecule is CC(CCc1nc2cc(C(=O)N3CC(c4ccccc4)C3)ccc2nc1-c1ccc(Cl)cc1)CC(=O)O. The van der Waals surface area contributed by atoms with Crippen LogP contribution in [-0.4, -0.2) is 44.9 Å². The summed E-state index contributed by atoms with van der Waals surface area (Å²) in [4.78, 5) is 36.0. The Kier molecular flexibility index (Phi) is 7.19. The Morgan fingerprint density at radius 1 is 1.00 bits per heavy atom. The first kappa shape index (κ1) is 24.9. The highest BCUT2D eigenvalue weighted by Gasteiger charge is 2.32. The first-order chi connectivity index (χ1) is 17.9. The maximum Gasteiger partial charge on any atom is 0.303 e. The van der Waals surface area contributed by atoms with Crippen molar-refractivity contribution in [3.8, 4) is 11.3 Å². The van der Waals surface area contributed by atoms with Crippen molar-refractivity contribution in [3.63, 3.8) is 0 Å². The van der Waals surface area contributed by atoms with Crippen LogP contribution >= 0.6 is 11.6 Å². The van der Waals surface area contributed by atoms with Crippen LogP contribution in [0.4, 0.5) is 0 Å². The Morgan fingerprint density at radius 2 is 1.73 bits per heavy atom. The Morgan fingerprint density at radius 3 is 2.43 bits per heavy atom. The molecule has 7 heteroatoms. The second-order valence-electron chi connectivity index (χ2n) is 9.79. The lowest BCUT2D eigenvalue weighted by atomic mass is 9.91. The van der Waals surface area contributed by atoms with E-state index in [0.717, 1.165) is 17.0 Å². The van der Waals surface area contributed by atoms with Crippen molar-refractivity contribution >= 4 is 34.5 Å². The molecule has 1 aromatic heterocycles. The third-order valence-corrected chi connectivity index (χ3v) is 7.19. The highest BCUT2D eigenvalue weighted by molar-refractivity contribution is 6.30. The summed E-state index contributed by atoms with van der Waals surface area (Å²) in [5.41, 5.74) is 5.64. The van der Waals surface area contributed by atoms with E-state index in [4.69, 9.17) is 26.7 Å². The number of likely N-dealkylation sites (tertiary alicyclic amines) is 1. The molecule has 1 amide bonds. The zero-order valence-corrected chi connectivity index (χ0v) is 21.4. The van der Waals surface area contributed by atoms with Gasteiger partial charge in [-0.3, -0.25) is 9.59 Å². The van der Waals surface area contributed by atoms with Crippen molar-refractivity contribution in [3.05, 3.63) is 94.6 Å². The summed E-state index contributed by atoms with van der Waals surface area (Å²) in [6.07, 6.45) is 1.36. The van der Waals surface area contributed by atoms with Crippen molar-refractivity contribution in [2.45, 2.75) is 32.1 Å². The Hall–Kier alpha value is -3.77. The van der Waals surface area contributed by atoms with Gasteiger partial charge in [0.05, 0.1) is 22.4 Å². The molecule has 3 aromatic carbocycles. The number of carboxylic acid groups (broad SMARTS) is 1. The highest BCUT2D eigenvalue weighted by atomic mass is 35.5. The summed E-state index contributed by atoms with van der Waals surface area (Å²) < 4.78 is 0. The number of carbonyl (C=O) groups is 2. The number of nitrogens with zero attached hydrogens (tertiary/aromatic N) is 3. The van der Waals surface area contributed by atoms with Crippen molar-refractivity contribution in [2.24, 2.45) is 5.92 Å². The number of aliphatic carboxylic acids is 1. The molecule has 0 bridgehead atoms. The zero-order chi connectivity index (χ0) is 25.9. The van der Waals surface area contributed by atoms with Crippen LogP contribution in [0.15, 0.2) is 72.8 Å². The van der Waals surface area contributed by atoms with Crippen LogP contribution in [0.1, 0.15) is 47.3 Å². The van der Waals surface area contributed by atoms with Crippen LogP contribution in [0, 0.1) is 5.92 Å². The van der Waals surface area contributed by atoms with Gasteiger partial charge in [-0.05, 0) is 54.7 Å². The third-order valence-electron chi connectivity index (χ3n) is 6.94. The number of carbonyl (C=O) groups excluding carboxylic acids is 1. The average molecular weight is 514 g/mol. The molecule has 1 atom stereocenters. The molecule has 1 aliphatic heterocycles. The quantitative estimate of drug-likeness (QED) is 0.302. The van der Waals surface area contributed by atoms with E-state index >= 15 is 0 Å². The maximum absolute atomic E-state index is 13.2. The number of aryl methyl sites for hydroxylation is 1. The van der Waals surface area contributed by atoms with Gasteiger partial charge in [0.1, 0.15) is 0 Å². The van der Waals surface area contributed by atoms with Gasteiger partial charge in [0.25, 0.3) is 5.91 Å². The van der Waals surface area contributed by atoms with E-state index < -0.39 is 5.97 Å². The van der Waals surface area contributed by atoms with E-state index in [9.17, 15) is 9.59 Å². The Labute approximate surface area is 220 Å². The van der Waals surface area contributed by atoms with Gasteiger partial charge in [-0.1, -0.05) is 61.0 Å². The number of rotatable bonds is 8. The molecule has 4 aromatic rings. The molecule has 188 valence electrons. The van der Waals surface area contributed by atoms with Gasteiger partial charge in [-0.15, -0.1) is 0 Å². The van der Waals surface area contributed by atoms with Crippen molar-refractivity contribution in [2.75, 3.05) is 13.1 Å². The lowest BCUT2D eigenvalue weighted by Crippen LogP contribution is -2.48. The predicted molar refractivity (Wildman–Crippen MR) is 145 cm³/mol. The smallest absolute Gasteiger partial charge is 0.303 e. The highest BCUT2D eigenvalue weighted by Crippen LogP contribution is 2.30. The molecule has 0 spiro atoms. The lowest BCUT2D eigenvalue weighted by molar-refractivity contribution is -0.138. The van der Waals surface area contributed by atoms with Crippen molar-refractivity contribution < 1.29 is 14.7 Å². The monoisotopic (exact) mass is 513 g/mol. The van der Waals surface area contributed by atoms with Gasteiger partial charge < -0.3 is 10.0 Å². The molecule has 2 heterocycles. The number of fused-ring (bicyclic) bond motifs is 1. The molecular formula is C30H28ClN3O3. The molecule has 1 N–H and O–H groups in total. The van der Waals surface area contributed by atoms with Crippen LogP contribution < -0.4 is 0 Å². The van der Waals surface area contributed by atoms with Crippen LogP contribution in [0.2, 0.25) is 5.02 Å². The van der Waals surface area contributed by atoms with E-state index in [-0.39, 0.29) is 18.2 Å². The minimum atomic E-state index is -0.807. The number of amides is 1. The molecular weight excluding hydrogens is 486 g/mol. The fourth-order valence-electron chi connectivity index (χ4n) is 4.78. The van der Waals surface area contributed by atoms with E-state index in [1.165, 1.54) is 5.56 Å². The van der Waals surface area contributed by atoms with Gasteiger partial charge in [0.15, 0.2) is 0 Å². The second kappa shape index (κ2) is 10.7. The molecule has 0 saturated carbocycles. The number of hydrogen-bond donors (Lipinski definition) is 1. The van der Waals surface area contributed by atoms with Crippen LogP contribution in [0.5, 0.6) is 0 Å². The van der Waals surface area contributed by atoms with E-state index in [1.54, 1.807) is 0 Å². The molecule has 1 aliphatic rings. The third kappa shape index (κ3) is 5.65. The van der Waals surface area contributed by atoms with Crippen molar-refractivity contribution in [1.82, 2.24) is 14.9 Å². The van der Waals surface area contributed by atoms with Gasteiger partial charge in [0, 0.05) is 41.6 Å². The van der Waals surface area contributed by atoms with E-state index in [2.05, 4.69) is 12.1 Å². The number of halogens is 1. The van der Waals surface area contributed by atoms with Crippen LogP contribution in [0.25, 0.3) is 22.3 Å². The number of benzene rings is 3. The molecule has 0 aliphatic carbocycles. The van der Waals surface area contributed by atoms with Gasteiger partial charge >= 0.3 is 5.97 Å². The maximum atomic E-state index is 13.2. The van der Waals surface area contributed by atoms with Gasteiger partial charge in [0.2, 0.25) is 0 Å². The topological polar surface area (TPSA) is 83.4 Å². The number of aromatic nitrogens is 2. The van der Waals surface area contributed by atoms with Crippen LogP contribution in [0.3, 0.4) is 0 Å². The predicted octanol–water partition coefficient (Wildman–Crippen LogP) is 6.23. The lowest BCUT2D eigenvalue weighted by Gasteiger charge is -2.39. The molecule has 1 saturated heterocycles. The molecule has 0 radical (unpaired) electrons. The summed E-state index contributed by atoms with van der Waals surface area (Å²) in [5.74, 6) is -0.440. The fraction of sp³-hybridized carbons (Fsp3) is 0.267. The summed E-state index contributed by atoms with van der Waals surface area (Å²) in [5, 5.41) is 9.78. The molecule has 1 fully saturated rings. The molecule has 5 rings (SSSR count). The van der Waals surface area contributed by atoms with E-state index in [0.29, 0.717) is 53.5 Å². The average Bonchev–Trinajstić information content (AvgIpc) is 2.86. The first-order valence-corrected chi connectivity index (χ1v) is 12.9. The van der Waals surface area contributed by atoms with Crippen LogP contribution in [-0.2, 0) is 11.2 Å². The molecule has 37 heavy (non-hydrogen) atoms. The normalized spacial score (nSPS) is 14.4. The Balaban J connectivity index is 1.41. The van der Waals surface area contributed by atoms with Crippen molar-refractivity contribution in [1.29, 1.82) is 0 Å². The fourth-order valence-corrected chi connectivity index (χ4v) is 4.91. The second-order valence-corrected chi connectivity index (χ2v) is 10.2. The first-order valence-electron chi connectivity index (χ1n) is 12.5. The molecule has 1 unspecified atom stereocenters. The standard InChI is InChI=1S/C30H28ClN3O3/c1-19(15-28(35)36)7-13-26-29(21-8-11-24(31)12-9-21)33-25-14-10-22(16-27(25)32-26)30(37)34-17-23(18-34)20-5-3-2-4-6-20/h2-6,8-12,14,16,19,23H,7,13,15,17-18H2,1H3,(H,35,36). The Bertz CT molecular complexity index is 1430. The molecule has 6 nitrogen and oxygen atoms in total. The summed E-state index contributed by atoms with van der Waals surface area (Å²) in [7, 11) is 0. The summed E-state index contributed by atoms with van der Waals surface area (Å²) in [6, 6.07) is 23.2. The summed E-state index contributed by atoms with van der Waals surface area (Å²) >= 11 is 6.09. The van der Waals surface area contributed by atoms with Gasteiger partial charge in [-0.2, -0.15) is 0 Å². The minimum Gasteiger partial charge on any atom is -0.481 e. The zero-order valence-electron chi connectivity index (χ0n) is 20.6. The van der Waals surface area contributed by atoms with Gasteiger partial charge in [-0.25, -0.2) is 9.97 Å². The summed E-state index contributed by atoms with van der Waals surface area (Å²) in [6.45, 7) is 3.33. The number of carboxylic acids is 1. The van der Waals surface area contributed by atoms with E-state index in [1.807, 2.05) is 72.5 Å². The largest absolute Gasteiger partial charge is 0.481 e.